The molecule has 1 N–H and O–H groups in total. The molecule has 0 spiro atoms. The summed E-state index contributed by atoms with van der Waals surface area (Å²) in [6.07, 6.45) is 1.68. The average Bonchev–Trinajstić information content (AvgIpc) is 3.10. The maximum atomic E-state index is 13.5. The maximum absolute atomic E-state index is 13.5. The summed E-state index contributed by atoms with van der Waals surface area (Å²) in [5.74, 6) is 0.574. The minimum Gasteiger partial charge on any atom is -0.490 e. The molecular formula is C26H29N2O4+. The fraction of sp³-hybridized carbons (Fsp3) is 0.308. The second-order valence-corrected chi connectivity index (χ2v) is 7.95. The molecule has 0 fully saturated rings. The van der Waals surface area contributed by atoms with Crippen molar-refractivity contribution < 1.29 is 18.8 Å². The molecule has 2 aromatic carbocycles. The van der Waals surface area contributed by atoms with Crippen LogP contribution in [-0.2, 0) is 0 Å². The highest BCUT2D eigenvalue weighted by Crippen LogP contribution is 2.38. The van der Waals surface area contributed by atoms with Crippen LogP contribution in [0.5, 0.6) is 5.75 Å². The number of carbonyl (C=O) groups excluding carboxylic acids is 1. The molecule has 1 aliphatic rings. The van der Waals surface area contributed by atoms with Crippen LogP contribution >= 0.6 is 0 Å². The second-order valence-electron chi connectivity index (χ2n) is 7.95. The molecule has 6 heteroatoms. The zero-order valence-corrected chi connectivity index (χ0v) is 18.6. The van der Waals surface area contributed by atoms with E-state index in [1.165, 1.54) is 4.90 Å². The van der Waals surface area contributed by atoms with E-state index in [-0.39, 0.29) is 17.1 Å². The van der Waals surface area contributed by atoms with Gasteiger partial charge >= 0.3 is 0 Å². The van der Waals surface area contributed by atoms with Gasteiger partial charge in [0.1, 0.15) is 17.9 Å². The van der Waals surface area contributed by atoms with Gasteiger partial charge in [-0.2, -0.15) is 0 Å². The Hall–Kier alpha value is -3.38. The number of fused-ring (bicyclic) bond motifs is 2. The predicted octanol–water partition coefficient (Wildman–Crippen LogP) is 2.83. The summed E-state index contributed by atoms with van der Waals surface area (Å²) in [5.41, 5.74) is 1.51. The maximum Gasteiger partial charge on any atom is 0.291 e. The first-order valence-corrected chi connectivity index (χ1v) is 11.1. The third-order valence-electron chi connectivity index (χ3n) is 6.12. The van der Waals surface area contributed by atoms with Crippen molar-refractivity contribution in [1.82, 2.24) is 4.90 Å². The van der Waals surface area contributed by atoms with Gasteiger partial charge in [0.25, 0.3) is 5.91 Å². The van der Waals surface area contributed by atoms with E-state index in [4.69, 9.17) is 9.15 Å². The lowest BCUT2D eigenvalue weighted by molar-refractivity contribution is -0.895. The van der Waals surface area contributed by atoms with E-state index in [2.05, 4.69) is 20.4 Å². The Balaban J connectivity index is 1.83. The van der Waals surface area contributed by atoms with Crippen molar-refractivity contribution in [1.29, 1.82) is 0 Å². The summed E-state index contributed by atoms with van der Waals surface area (Å²) in [6.45, 7) is 11.6. The quantitative estimate of drug-likeness (QED) is 0.527. The molecule has 2 heterocycles. The standard InChI is InChI=1S/C26H28N2O4/c1-4-16-31-19-11-9-10-18(17-19)23-22-24(29)20-12-7-8-13-21(20)32-25(22)26(30)28(23)15-14-27(5-2)6-3/h4,7-13,17,23H,1,5-6,14-16H2,2-3H3/p+1. The number of benzene rings is 2. The van der Waals surface area contributed by atoms with E-state index in [1.807, 2.05) is 30.3 Å². The van der Waals surface area contributed by atoms with Crippen LogP contribution in [0, 0.1) is 0 Å². The number of ether oxygens (including phenoxy) is 1. The number of hydrogen-bond acceptors (Lipinski definition) is 4. The molecule has 1 aromatic heterocycles. The SMILES string of the molecule is C=CCOc1cccc(C2c3c(oc4ccccc4c3=O)C(=O)N2CC[NH+](CC)CC)c1. The van der Waals surface area contributed by atoms with E-state index in [1.54, 1.807) is 29.2 Å². The lowest BCUT2D eigenvalue weighted by atomic mass is 9.98. The Labute approximate surface area is 187 Å². The normalized spacial score (nSPS) is 15.4. The highest BCUT2D eigenvalue weighted by Gasteiger charge is 2.43. The average molecular weight is 434 g/mol. The van der Waals surface area contributed by atoms with E-state index < -0.39 is 6.04 Å². The first-order chi connectivity index (χ1) is 15.6. The van der Waals surface area contributed by atoms with Gasteiger partial charge in [-0.15, -0.1) is 0 Å². The number of nitrogens with zero attached hydrogens (tertiary/aromatic N) is 1. The van der Waals surface area contributed by atoms with Gasteiger partial charge in [0.05, 0.1) is 43.2 Å². The van der Waals surface area contributed by atoms with Crippen LogP contribution in [0.25, 0.3) is 11.0 Å². The van der Waals surface area contributed by atoms with Gasteiger partial charge < -0.3 is 19.0 Å². The van der Waals surface area contributed by atoms with Crippen LogP contribution in [0.15, 0.2) is 70.4 Å². The summed E-state index contributed by atoms with van der Waals surface area (Å²) in [6, 6.07) is 14.1. The molecule has 0 aliphatic carbocycles. The van der Waals surface area contributed by atoms with Crippen molar-refractivity contribution in [2.24, 2.45) is 0 Å². The number of para-hydroxylation sites is 1. The first-order valence-electron chi connectivity index (χ1n) is 11.1. The highest BCUT2D eigenvalue weighted by molar-refractivity contribution is 5.99. The van der Waals surface area contributed by atoms with Gasteiger partial charge in [0.15, 0.2) is 5.43 Å². The molecule has 1 aliphatic heterocycles. The van der Waals surface area contributed by atoms with Crippen molar-refractivity contribution in [2.45, 2.75) is 19.9 Å². The summed E-state index contributed by atoms with van der Waals surface area (Å²) < 4.78 is 11.7. The van der Waals surface area contributed by atoms with Crippen LogP contribution in [0.2, 0.25) is 0 Å². The van der Waals surface area contributed by atoms with Gasteiger partial charge in [-0.1, -0.05) is 36.9 Å². The Morgan fingerprint density at radius 3 is 2.66 bits per heavy atom. The van der Waals surface area contributed by atoms with Crippen LogP contribution in [-0.4, -0.2) is 43.6 Å². The zero-order valence-electron chi connectivity index (χ0n) is 18.6. The molecule has 0 saturated heterocycles. The monoisotopic (exact) mass is 433 g/mol. The molecule has 1 amide bonds. The van der Waals surface area contributed by atoms with E-state index in [9.17, 15) is 9.59 Å². The number of hydrogen-bond donors (Lipinski definition) is 1. The lowest BCUT2D eigenvalue weighted by Crippen LogP contribution is -3.12. The molecule has 0 bridgehead atoms. The Morgan fingerprint density at radius 2 is 1.91 bits per heavy atom. The van der Waals surface area contributed by atoms with Crippen molar-refractivity contribution in [3.05, 3.63) is 88.3 Å². The van der Waals surface area contributed by atoms with Crippen molar-refractivity contribution in [3.63, 3.8) is 0 Å². The fourth-order valence-electron chi connectivity index (χ4n) is 4.36. The fourth-order valence-corrected chi connectivity index (χ4v) is 4.36. The van der Waals surface area contributed by atoms with Crippen molar-refractivity contribution in [2.75, 3.05) is 32.8 Å². The molecule has 1 atom stereocenters. The molecule has 4 rings (SSSR count). The molecule has 0 radical (unpaired) electrons. The zero-order chi connectivity index (χ0) is 22.7. The molecule has 32 heavy (non-hydrogen) atoms. The largest absolute Gasteiger partial charge is 0.490 e. The number of likely N-dealkylation sites (N-methyl/N-ethyl adjacent to an activating group) is 1. The topological polar surface area (TPSA) is 64.2 Å². The van der Waals surface area contributed by atoms with Crippen molar-refractivity contribution >= 4 is 16.9 Å². The Morgan fingerprint density at radius 1 is 1.12 bits per heavy atom. The number of quaternary nitrogens is 1. The first kappa shape index (κ1) is 21.8. The lowest BCUT2D eigenvalue weighted by Gasteiger charge is -2.27. The predicted molar refractivity (Wildman–Crippen MR) is 124 cm³/mol. The smallest absolute Gasteiger partial charge is 0.291 e. The highest BCUT2D eigenvalue weighted by atomic mass is 16.5. The number of nitrogens with one attached hydrogen (secondary N) is 1. The summed E-state index contributed by atoms with van der Waals surface area (Å²) in [5, 5.41) is 0.485. The number of rotatable bonds is 9. The Bertz CT molecular complexity index is 1200. The number of amides is 1. The third-order valence-corrected chi connectivity index (χ3v) is 6.12. The van der Waals surface area contributed by atoms with Gasteiger partial charge in [0.2, 0.25) is 5.76 Å². The van der Waals surface area contributed by atoms with E-state index >= 15 is 0 Å². The van der Waals surface area contributed by atoms with Crippen LogP contribution in [0.4, 0.5) is 0 Å². The number of carbonyl (C=O) groups is 1. The molecule has 166 valence electrons. The minimum atomic E-state index is -0.513. The molecule has 3 aromatic rings. The Kier molecular flexibility index (Phi) is 6.42. The van der Waals surface area contributed by atoms with E-state index in [0.717, 1.165) is 25.2 Å². The molecular weight excluding hydrogens is 404 g/mol. The summed E-state index contributed by atoms with van der Waals surface area (Å²) >= 11 is 0. The van der Waals surface area contributed by atoms with E-state index in [0.29, 0.717) is 35.4 Å². The van der Waals surface area contributed by atoms with Gasteiger partial charge in [-0.25, -0.2) is 0 Å². The summed E-state index contributed by atoms with van der Waals surface area (Å²) in [4.78, 5) is 30.1. The minimum absolute atomic E-state index is 0.144. The molecule has 6 nitrogen and oxygen atoms in total. The second kappa shape index (κ2) is 9.40. The van der Waals surface area contributed by atoms with Gasteiger partial charge in [-0.3, -0.25) is 9.59 Å². The molecule has 0 saturated carbocycles. The summed E-state index contributed by atoms with van der Waals surface area (Å²) in [7, 11) is 0. The van der Waals surface area contributed by atoms with Crippen LogP contribution in [0.3, 0.4) is 0 Å². The molecule has 1 unspecified atom stereocenters. The van der Waals surface area contributed by atoms with Crippen molar-refractivity contribution in [3.8, 4) is 5.75 Å². The third kappa shape index (κ3) is 3.94. The van der Waals surface area contributed by atoms with Gasteiger partial charge in [0, 0.05) is 0 Å². The van der Waals surface area contributed by atoms with Crippen LogP contribution in [0.1, 0.15) is 41.6 Å². The van der Waals surface area contributed by atoms with Crippen LogP contribution < -0.4 is 15.1 Å². The van der Waals surface area contributed by atoms with Gasteiger partial charge in [-0.05, 0) is 43.7 Å².